The molecule has 4 rings (SSSR count). The third kappa shape index (κ3) is 2.36. The van der Waals surface area contributed by atoms with Crippen LogP contribution in [0, 0.1) is 13.8 Å². The molecule has 0 amide bonds. The first-order valence-corrected chi connectivity index (χ1v) is 7.45. The van der Waals surface area contributed by atoms with Crippen LogP contribution in [0.3, 0.4) is 0 Å². The number of fused-ring (bicyclic) bond motifs is 1. The molecule has 0 aliphatic heterocycles. The molecular weight excluding hydrogens is 286 g/mol. The fraction of sp³-hybridized carbons (Fsp3) is 0.111. The number of benzene rings is 2. The van der Waals surface area contributed by atoms with E-state index in [1.54, 1.807) is 4.80 Å². The maximum absolute atomic E-state index is 4.73. The van der Waals surface area contributed by atoms with Crippen molar-refractivity contribution in [2.24, 2.45) is 0 Å². The quantitative estimate of drug-likeness (QED) is 0.568. The van der Waals surface area contributed by atoms with Crippen molar-refractivity contribution in [3.63, 3.8) is 0 Å². The van der Waals surface area contributed by atoms with Gasteiger partial charge in [-0.15, -0.1) is 5.10 Å². The Morgan fingerprint density at radius 1 is 0.652 bits per heavy atom. The van der Waals surface area contributed by atoms with Crippen LogP contribution in [-0.4, -0.2) is 25.0 Å². The molecule has 0 radical (unpaired) electrons. The molecule has 4 aromatic rings. The Hall–Kier alpha value is -3.08. The van der Waals surface area contributed by atoms with E-state index in [0.717, 1.165) is 39.5 Å². The van der Waals surface area contributed by atoms with Crippen molar-refractivity contribution < 1.29 is 0 Å². The number of rotatable bonds is 2. The lowest BCUT2D eigenvalue weighted by Crippen LogP contribution is -1.99. The standard InChI is InChI=1S/C18H15N5/c1-12-17(20-16-11-7-6-10-15(16)19-12)18-13(2)21-23(22-18)14-8-4-3-5-9-14/h3-11H,1-2H3. The van der Waals surface area contributed by atoms with Gasteiger partial charge in [-0.25, -0.2) is 9.97 Å². The molecule has 23 heavy (non-hydrogen) atoms. The zero-order chi connectivity index (χ0) is 15.8. The lowest BCUT2D eigenvalue weighted by Gasteiger charge is -2.04. The number of hydrogen-bond donors (Lipinski definition) is 0. The van der Waals surface area contributed by atoms with Crippen molar-refractivity contribution >= 4 is 11.0 Å². The van der Waals surface area contributed by atoms with Crippen molar-refractivity contribution in [2.75, 3.05) is 0 Å². The van der Waals surface area contributed by atoms with Gasteiger partial charge in [-0.05, 0) is 38.1 Å². The smallest absolute Gasteiger partial charge is 0.136 e. The largest absolute Gasteiger partial charge is 0.249 e. The predicted molar refractivity (Wildman–Crippen MR) is 89.4 cm³/mol. The summed E-state index contributed by atoms with van der Waals surface area (Å²) in [5, 5.41) is 9.14. The monoisotopic (exact) mass is 301 g/mol. The number of hydrogen-bond acceptors (Lipinski definition) is 4. The van der Waals surface area contributed by atoms with E-state index in [1.807, 2.05) is 68.4 Å². The maximum atomic E-state index is 4.73. The molecule has 2 aromatic heterocycles. The zero-order valence-corrected chi connectivity index (χ0v) is 12.9. The lowest BCUT2D eigenvalue weighted by atomic mass is 10.2. The van der Waals surface area contributed by atoms with Crippen LogP contribution in [0.2, 0.25) is 0 Å². The molecule has 112 valence electrons. The summed E-state index contributed by atoms with van der Waals surface area (Å²) in [7, 11) is 0. The Morgan fingerprint density at radius 3 is 2.04 bits per heavy atom. The first-order valence-electron chi connectivity index (χ1n) is 7.45. The highest BCUT2D eigenvalue weighted by Crippen LogP contribution is 2.24. The van der Waals surface area contributed by atoms with E-state index in [2.05, 4.69) is 15.2 Å². The number of aryl methyl sites for hydroxylation is 2. The molecule has 0 fully saturated rings. The molecule has 0 bridgehead atoms. The number of nitrogens with zero attached hydrogens (tertiary/aromatic N) is 5. The summed E-state index contributed by atoms with van der Waals surface area (Å²) in [6.45, 7) is 3.90. The van der Waals surface area contributed by atoms with Crippen molar-refractivity contribution in [1.29, 1.82) is 0 Å². The van der Waals surface area contributed by atoms with Crippen LogP contribution in [0.4, 0.5) is 0 Å². The molecule has 5 nitrogen and oxygen atoms in total. The predicted octanol–water partition coefficient (Wildman–Crippen LogP) is 3.49. The second-order valence-corrected chi connectivity index (χ2v) is 5.41. The van der Waals surface area contributed by atoms with Gasteiger partial charge in [0, 0.05) is 0 Å². The Balaban J connectivity index is 1.88. The molecule has 2 aromatic carbocycles. The molecule has 0 unspecified atom stereocenters. The topological polar surface area (TPSA) is 56.5 Å². The second kappa shape index (κ2) is 5.28. The van der Waals surface area contributed by atoms with Crippen molar-refractivity contribution in [1.82, 2.24) is 25.0 Å². The average Bonchev–Trinajstić information content (AvgIpc) is 2.97. The van der Waals surface area contributed by atoms with Crippen molar-refractivity contribution in [3.05, 3.63) is 66.0 Å². The summed E-state index contributed by atoms with van der Waals surface area (Å²) < 4.78 is 0. The first kappa shape index (κ1) is 13.6. The van der Waals surface area contributed by atoms with Gasteiger partial charge in [0.1, 0.15) is 11.4 Å². The van der Waals surface area contributed by atoms with Gasteiger partial charge in [0.25, 0.3) is 0 Å². The summed E-state index contributed by atoms with van der Waals surface area (Å²) in [6.07, 6.45) is 0. The van der Waals surface area contributed by atoms with Gasteiger partial charge in [-0.3, -0.25) is 0 Å². The fourth-order valence-corrected chi connectivity index (χ4v) is 2.59. The van der Waals surface area contributed by atoms with E-state index in [0.29, 0.717) is 0 Å². The molecule has 0 spiro atoms. The van der Waals surface area contributed by atoms with Crippen LogP contribution in [0.15, 0.2) is 54.6 Å². The fourth-order valence-electron chi connectivity index (χ4n) is 2.59. The number of aromatic nitrogens is 5. The van der Waals surface area contributed by atoms with Crippen molar-refractivity contribution in [2.45, 2.75) is 13.8 Å². The molecule has 2 heterocycles. The highest BCUT2D eigenvalue weighted by atomic mass is 15.5. The van der Waals surface area contributed by atoms with Crippen LogP contribution in [0.5, 0.6) is 0 Å². The van der Waals surface area contributed by atoms with Gasteiger partial charge in [0.05, 0.1) is 28.1 Å². The molecule has 0 aliphatic rings. The van der Waals surface area contributed by atoms with E-state index in [-0.39, 0.29) is 0 Å². The van der Waals surface area contributed by atoms with Gasteiger partial charge in [0.2, 0.25) is 0 Å². The Morgan fingerprint density at radius 2 is 1.30 bits per heavy atom. The second-order valence-electron chi connectivity index (χ2n) is 5.41. The first-order chi connectivity index (χ1) is 11.2. The minimum Gasteiger partial charge on any atom is -0.249 e. The van der Waals surface area contributed by atoms with E-state index in [1.165, 1.54) is 0 Å². The highest BCUT2D eigenvalue weighted by Gasteiger charge is 2.15. The van der Waals surface area contributed by atoms with Gasteiger partial charge < -0.3 is 0 Å². The van der Waals surface area contributed by atoms with E-state index in [4.69, 9.17) is 4.98 Å². The molecule has 5 heteroatoms. The normalized spacial score (nSPS) is 11.0. The lowest BCUT2D eigenvalue weighted by molar-refractivity contribution is 0.746. The summed E-state index contributed by atoms with van der Waals surface area (Å²) in [5.74, 6) is 0. The SMILES string of the molecule is Cc1nc2ccccc2nc1-c1nn(-c2ccccc2)nc1C. The van der Waals surface area contributed by atoms with Gasteiger partial charge in [-0.2, -0.15) is 9.90 Å². The van der Waals surface area contributed by atoms with E-state index < -0.39 is 0 Å². The van der Waals surface area contributed by atoms with E-state index >= 15 is 0 Å². The molecule has 0 aliphatic carbocycles. The number of para-hydroxylation sites is 3. The molecular formula is C18H15N5. The summed E-state index contributed by atoms with van der Waals surface area (Å²) in [5.41, 5.74) is 5.92. The van der Waals surface area contributed by atoms with Gasteiger partial charge >= 0.3 is 0 Å². The maximum Gasteiger partial charge on any atom is 0.136 e. The summed E-state index contributed by atoms with van der Waals surface area (Å²) >= 11 is 0. The zero-order valence-electron chi connectivity index (χ0n) is 12.9. The van der Waals surface area contributed by atoms with Crippen LogP contribution in [0.1, 0.15) is 11.4 Å². The third-order valence-electron chi connectivity index (χ3n) is 3.74. The minimum absolute atomic E-state index is 0.768. The van der Waals surface area contributed by atoms with Crippen LogP contribution >= 0.6 is 0 Å². The Kier molecular flexibility index (Phi) is 3.12. The van der Waals surface area contributed by atoms with Crippen LogP contribution in [-0.2, 0) is 0 Å². The van der Waals surface area contributed by atoms with Crippen LogP contribution in [0.25, 0.3) is 28.1 Å². The van der Waals surface area contributed by atoms with E-state index in [9.17, 15) is 0 Å². The van der Waals surface area contributed by atoms with Crippen molar-refractivity contribution in [3.8, 4) is 17.1 Å². The molecule has 0 N–H and O–H groups in total. The Bertz CT molecular complexity index is 989. The summed E-state index contributed by atoms with van der Waals surface area (Å²) in [6, 6.07) is 17.7. The Labute approximate surface area is 133 Å². The summed E-state index contributed by atoms with van der Waals surface area (Å²) in [4.78, 5) is 11.0. The highest BCUT2D eigenvalue weighted by molar-refractivity contribution is 5.77. The molecule has 0 saturated carbocycles. The van der Waals surface area contributed by atoms with Gasteiger partial charge in [-0.1, -0.05) is 30.3 Å². The average molecular weight is 301 g/mol. The van der Waals surface area contributed by atoms with Crippen LogP contribution < -0.4 is 0 Å². The third-order valence-corrected chi connectivity index (χ3v) is 3.74. The molecule has 0 atom stereocenters. The minimum atomic E-state index is 0.768. The molecule has 0 saturated heterocycles. The van der Waals surface area contributed by atoms with Gasteiger partial charge in [0.15, 0.2) is 0 Å².